The van der Waals surface area contributed by atoms with Crippen LogP contribution in [-0.2, 0) is 115 Å². The number of amides is 15. The molecule has 1 aliphatic heterocycles. The Kier molecular flexibility index (Phi) is 38.1. The van der Waals surface area contributed by atoms with Crippen LogP contribution in [0.5, 0.6) is 11.5 Å². The lowest BCUT2D eigenvalue weighted by atomic mass is 9.99. The number of hydrogen-bond donors (Lipinski definition) is 15. The van der Waals surface area contributed by atoms with Crippen molar-refractivity contribution in [3.8, 4) is 11.5 Å². The monoisotopic (exact) mass is 1800 g/mol. The third kappa shape index (κ3) is 31.1. The van der Waals surface area contributed by atoms with E-state index in [4.69, 9.17) is 5.73 Å². The summed E-state index contributed by atoms with van der Waals surface area (Å²) in [5.41, 5.74) is 8.74. The van der Waals surface area contributed by atoms with Gasteiger partial charge in [0.05, 0.1) is 31.8 Å². The summed E-state index contributed by atoms with van der Waals surface area (Å²) < 4.78 is 14.6. The van der Waals surface area contributed by atoms with Crippen LogP contribution in [0.4, 0.5) is 4.39 Å². The molecule has 35 nitrogen and oxygen atoms in total. The number of phenolic OH excluding ortho intramolecular Hbond substituents is 2. The van der Waals surface area contributed by atoms with Crippen LogP contribution in [0.25, 0.3) is 10.9 Å². The first-order valence-corrected chi connectivity index (χ1v) is 43.5. The number of aromatic amines is 1. The number of phenols is 2. The molecular weight excluding hydrogens is 1680 g/mol. The van der Waals surface area contributed by atoms with Crippen LogP contribution in [0.2, 0.25) is 0 Å². The zero-order chi connectivity index (χ0) is 94.3. The number of carboxylic acids is 1. The van der Waals surface area contributed by atoms with Crippen LogP contribution < -0.4 is 58.9 Å². The van der Waals surface area contributed by atoms with Gasteiger partial charge in [0.15, 0.2) is 0 Å². The fourth-order valence-electron chi connectivity index (χ4n) is 14.7. The molecule has 2 heterocycles. The minimum absolute atomic E-state index is 0.0142. The lowest BCUT2D eigenvalue weighted by Gasteiger charge is -2.37. The number of aromatic hydroxyl groups is 2. The van der Waals surface area contributed by atoms with Gasteiger partial charge in [-0.1, -0.05) is 163 Å². The van der Waals surface area contributed by atoms with Gasteiger partial charge >= 0.3 is 5.97 Å². The molecule has 129 heavy (non-hydrogen) atoms. The van der Waals surface area contributed by atoms with Gasteiger partial charge in [0.2, 0.25) is 88.6 Å². The van der Waals surface area contributed by atoms with Gasteiger partial charge in [-0.15, -0.1) is 11.8 Å². The quantitative estimate of drug-likeness (QED) is 0.0436. The molecule has 16 N–H and O–H groups in total. The summed E-state index contributed by atoms with van der Waals surface area (Å²) in [6, 6.07) is 22.8. The number of aliphatic carboxylic acids is 1. The maximum Gasteiger partial charge on any atom is 0.305 e. The summed E-state index contributed by atoms with van der Waals surface area (Å²) in [4.78, 5) is 241. The van der Waals surface area contributed by atoms with E-state index in [2.05, 4.69) is 58.2 Å². The number of benzene rings is 6. The number of fused-ring (bicyclic) bond motifs is 1. The molecule has 0 bridgehead atoms. The van der Waals surface area contributed by atoms with Crippen molar-refractivity contribution < 1.29 is 96.4 Å². The van der Waals surface area contributed by atoms with Gasteiger partial charge in [-0.2, -0.15) is 0 Å². The average Bonchev–Trinajstić information content (AvgIpc) is 1.45. The maximum atomic E-state index is 15.5. The van der Waals surface area contributed by atoms with Crippen LogP contribution >= 0.6 is 11.8 Å². The predicted octanol–water partition coefficient (Wildman–Crippen LogP) is 2.12. The topological polar surface area (TPSA) is 509 Å². The smallest absolute Gasteiger partial charge is 0.305 e. The van der Waals surface area contributed by atoms with Crippen LogP contribution in [-0.4, -0.2) is 260 Å². The highest BCUT2D eigenvalue weighted by molar-refractivity contribution is 8.00. The highest BCUT2D eigenvalue weighted by Crippen LogP contribution is 2.24. The standard InChI is InChI=1S/C92H115FN16O19S/c1-10-11-26-74-91(127)107(7)50-78(114)98-70(46-80(116)117)87(123)105-81(54(4)5)88(124)102-68(40-57-27-33-61(93)34-28-57)85(121)103-71(43-59-31-37-63(111)38-32-59)89(125)106(6)49-77(113)97-69(45-60-47-95-65-25-19-18-24-64(60)65)86(122)101-67(41-58-29-35-62(110)36-30-58)84(120)100-66(39-53(2)3)83(119)104-73(82(118)96-48-76(94)112)51-129-52-79(115)99-72(42-55-20-14-12-15-21-55)90(126)109(9)75(92(128)108(74)8)44-56-22-16-13-17-23-56/h12-25,27-38,47,53-54,66-75,81,95,110-111H,10-11,26,39-46,48-52H2,1-9H3,(H2,94,112)(H,96,118)(H,97,113)(H,98,114)(H,99,115)(H,100,120)(H,101,122)(H,102,124)(H,103,121)(H,104,119)(H,105,123)(H,116,117)/t66-,67-,68-,69-,70-,71-,72-,73-,74-,75-,81-/m0/s1. The molecule has 0 saturated carbocycles. The third-order valence-electron chi connectivity index (χ3n) is 21.7. The van der Waals surface area contributed by atoms with Crippen molar-refractivity contribution in [2.24, 2.45) is 17.6 Å². The fourth-order valence-corrected chi connectivity index (χ4v) is 15.5. The third-order valence-corrected chi connectivity index (χ3v) is 22.7. The van der Waals surface area contributed by atoms with Crippen molar-refractivity contribution in [1.82, 2.24) is 77.8 Å². The molecule has 1 aromatic heterocycles. The van der Waals surface area contributed by atoms with Crippen LogP contribution in [0, 0.1) is 17.7 Å². The zero-order valence-corrected chi connectivity index (χ0v) is 74.3. The van der Waals surface area contributed by atoms with Crippen LogP contribution in [0.1, 0.15) is 100 Å². The normalized spacial score (nSPS) is 21.8. The van der Waals surface area contributed by atoms with Gasteiger partial charge in [-0.05, 0) is 101 Å². The number of carbonyl (C=O) groups is 16. The number of carboxylic acid groups (broad SMARTS) is 1. The van der Waals surface area contributed by atoms with Crippen molar-refractivity contribution in [3.05, 3.63) is 203 Å². The average molecular weight is 1800 g/mol. The van der Waals surface area contributed by atoms with Gasteiger partial charge in [-0.25, -0.2) is 4.39 Å². The van der Waals surface area contributed by atoms with Crippen LogP contribution in [0.15, 0.2) is 164 Å². The lowest BCUT2D eigenvalue weighted by Crippen LogP contribution is -2.61. The minimum atomic E-state index is -1.94. The molecule has 0 unspecified atom stereocenters. The van der Waals surface area contributed by atoms with Gasteiger partial charge < -0.3 is 98.8 Å². The molecule has 1 fully saturated rings. The highest BCUT2D eigenvalue weighted by Gasteiger charge is 2.41. The molecule has 0 spiro atoms. The number of thioether (sulfide) groups is 1. The number of carbonyl (C=O) groups excluding carboxylic acids is 15. The lowest BCUT2D eigenvalue weighted by molar-refractivity contribution is -0.151. The van der Waals surface area contributed by atoms with E-state index < -0.39 is 217 Å². The number of rotatable bonds is 23. The molecule has 0 aliphatic carbocycles. The number of primary amides is 1. The number of para-hydroxylation sites is 1. The van der Waals surface area contributed by atoms with Crippen LogP contribution in [0.3, 0.4) is 0 Å². The van der Waals surface area contributed by atoms with Gasteiger partial charge in [0.1, 0.15) is 83.8 Å². The number of H-pyrrole nitrogens is 1. The summed E-state index contributed by atoms with van der Waals surface area (Å²) >= 11 is 0.820. The molecule has 7 aromatic rings. The Labute approximate surface area is 750 Å². The largest absolute Gasteiger partial charge is 0.508 e. The van der Waals surface area contributed by atoms with Crippen molar-refractivity contribution in [1.29, 1.82) is 0 Å². The predicted molar refractivity (Wildman–Crippen MR) is 477 cm³/mol. The Balaban J connectivity index is 1.21. The second-order valence-electron chi connectivity index (χ2n) is 32.8. The molecule has 1 saturated heterocycles. The summed E-state index contributed by atoms with van der Waals surface area (Å²) in [6.45, 7) is 5.95. The van der Waals surface area contributed by atoms with Crippen molar-refractivity contribution in [2.45, 2.75) is 172 Å². The molecule has 15 amide bonds. The molecule has 1 aliphatic rings. The number of nitrogens with one attached hydrogen (secondary N) is 11. The van der Waals surface area contributed by atoms with E-state index in [1.54, 1.807) is 105 Å². The summed E-state index contributed by atoms with van der Waals surface area (Å²) in [6.07, 6.45) is -0.318. The Morgan fingerprint density at radius 2 is 0.922 bits per heavy atom. The molecule has 0 radical (unpaired) electrons. The first kappa shape index (κ1) is 101. The highest BCUT2D eigenvalue weighted by atomic mass is 32.2. The Morgan fingerprint density at radius 3 is 1.46 bits per heavy atom. The van der Waals surface area contributed by atoms with Crippen molar-refractivity contribution in [2.75, 3.05) is 59.3 Å². The summed E-state index contributed by atoms with van der Waals surface area (Å²) in [5.74, 6) is -18.8. The first-order chi connectivity index (χ1) is 61.3. The van der Waals surface area contributed by atoms with Gasteiger partial charge in [-0.3, -0.25) is 76.7 Å². The number of halogens is 1. The fraction of sp³-hybridized carbons (Fsp3) is 0.413. The molecule has 37 heteroatoms. The minimum Gasteiger partial charge on any atom is -0.508 e. The Morgan fingerprint density at radius 1 is 0.481 bits per heavy atom. The van der Waals surface area contributed by atoms with E-state index in [0.29, 0.717) is 51.6 Å². The number of hydrogen-bond acceptors (Lipinski definition) is 19. The number of likely N-dealkylation sites (N-methyl/N-ethyl adjacent to an activating group) is 4. The Hall–Kier alpha value is -13.7. The summed E-state index contributed by atoms with van der Waals surface area (Å²) in [5, 5.41) is 57.7. The van der Waals surface area contributed by atoms with E-state index >= 15 is 28.8 Å². The van der Waals surface area contributed by atoms with Crippen molar-refractivity contribution in [3.63, 3.8) is 0 Å². The van der Waals surface area contributed by atoms with E-state index in [0.717, 1.165) is 43.5 Å². The number of nitrogens with zero attached hydrogens (tertiary/aromatic N) is 4. The van der Waals surface area contributed by atoms with Gasteiger partial charge in [0.25, 0.3) is 0 Å². The van der Waals surface area contributed by atoms with E-state index in [1.807, 2.05) is 6.92 Å². The maximum absolute atomic E-state index is 15.5. The van der Waals surface area contributed by atoms with E-state index in [9.17, 15) is 67.7 Å². The second kappa shape index (κ2) is 48.8. The molecule has 11 atom stereocenters. The zero-order valence-electron chi connectivity index (χ0n) is 73.4. The Bertz CT molecular complexity index is 5090. The summed E-state index contributed by atoms with van der Waals surface area (Å²) in [7, 11) is 5.17. The molecule has 6 aromatic carbocycles. The SMILES string of the molecule is CCCC[C@H]1C(=O)N(C)CC(=O)N[C@@H](CC(=O)O)C(=O)N[C@@H](C(C)C)C(=O)N[C@@H](Cc2ccc(F)cc2)C(=O)N[C@@H](Cc2ccc(O)cc2)C(=O)N(C)CC(=O)N[C@@H](Cc2c[nH]c3ccccc23)C(=O)N[C@@H](Cc2ccc(O)cc2)C(=O)N[C@@H](CC(C)C)C(=O)N[C@H](C(=O)NCC(N)=O)CSCC(=O)N[C@@H](Cc2ccccc2)C(=O)N(C)[C@@H](Cc2ccccc2)C(=O)N1C. The number of aromatic nitrogens is 1. The molecular formula is C92H115FN16O19S. The molecule has 690 valence electrons. The number of unbranched alkanes of at least 4 members (excludes halogenated alkanes) is 1. The first-order valence-electron chi connectivity index (χ1n) is 42.4. The number of nitrogens with two attached hydrogens (primary N) is 1. The van der Waals surface area contributed by atoms with E-state index in [1.165, 1.54) is 103 Å². The van der Waals surface area contributed by atoms with Gasteiger partial charge in [0, 0.05) is 89.6 Å². The molecule has 8 rings (SSSR count). The van der Waals surface area contributed by atoms with E-state index in [-0.39, 0.29) is 67.9 Å². The second-order valence-corrected chi connectivity index (χ2v) is 33.8. The van der Waals surface area contributed by atoms with Crippen molar-refractivity contribution >= 4 is 117 Å².